The first-order chi connectivity index (χ1) is 7.19. The van der Waals surface area contributed by atoms with Crippen molar-refractivity contribution in [2.24, 2.45) is 0 Å². The molecule has 1 aromatic rings. The molecule has 0 radical (unpaired) electrons. The van der Waals surface area contributed by atoms with Crippen LogP contribution in [-0.4, -0.2) is 23.9 Å². The molecule has 0 saturated carbocycles. The topological polar surface area (TPSA) is 57.2 Å². The van der Waals surface area contributed by atoms with Gasteiger partial charge in [-0.2, -0.15) is 5.26 Å². The number of carbonyl (C=O) groups excluding carboxylic acids is 1. The molecule has 15 heavy (non-hydrogen) atoms. The van der Waals surface area contributed by atoms with E-state index < -0.39 is 0 Å². The van der Waals surface area contributed by atoms with Gasteiger partial charge in [0.1, 0.15) is 5.76 Å². The van der Waals surface area contributed by atoms with E-state index >= 15 is 0 Å². The number of aryl methyl sites for hydroxylation is 1. The van der Waals surface area contributed by atoms with Gasteiger partial charge in [0.25, 0.3) is 5.91 Å². The predicted molar refractivity (Wildman–Crippen MR) is 55.3 cm³/mol. The minimum absolute atomic E-state index is 0.152. The number of rotatable bonds is 4. The summed E-state index contributed by atoms with van der Waals surface area (Å²) in [5.41, 5.74) is 0. The maximum Gasteiger partial charge on any atom is 0.289 e. The summed E-state index contributed by atoms with van der Waals surface area (Å²) in [5, 5.41) is 8.46. The average Bonchev–Trinajstić information content (AvgIpc) is 2.65. The third-order valence-corrected chi connectivity index (χ3v) is 2.11. The van der Waals surface area contributed by atoms with Crippen LogP contribution in [0.25, 0.3) is 0 Å². The summed E-state index contributed by atoms with van der Waals surface area (Å²) in [5.74, 6) is 0.905. The molecule has 4 nitrogen and oxygen atoms in total. The summed E-state index contributed by atoms with van der Waals surface area (Å²) in [4.78, 5) is 13.4. The number of nitriles is 1. The van der Waals surface area contributed by atoms with Crippen molar-refractivity contribution in [2.45, 2.75) is 20.3 Å². The van der Waals surface area contributed by atoms with Crippen molar-refractivity contribution >= 4 is 5.91 Å². The highest BCUT2D eigenvalue weighted by Crippen LogP contribution is 2.09. The molecule has 80 valence electrons. The van der Waals surface area contributed by atoms with Gasteiger partial charge in [-0.25, -0.2) is 0 Å². The SMILES string of the molecule is CCN(CCC#N)C(=O)c1ccc(C)o1. The number of amides is 1. The molecule has 0 unspecified atom stereocenters. The third kappa shape index (κ3) is 2.84. The summed E-state index contributed by atoms with van der Waals surface area (Å²) in [6.45, 7) is 4.71. The molecule has 0 aliphatic rings. The highest BCUT2D eigenvalue weighted by molar-refractivity contribution is 5.91. The zero-order chi connectivity index (χ0) is 11.3. The number of furan rings is 1. The summed E-state index contributed by atoms with van der Waals surface area (Å²) in [7, 11) is 0. The summed E-state index contributed by atoms with van der Waals surface area (Å²) in [6, 6.07) is 5.43. The van der Waals surface area contributed by atoms with E-state index in [1.54, 1.807) is 24.0 Å². The minimum atomic E-state index is -0.152. The first-order valence-corrected chi connectivity index (χ1v) is 4.91. The fourth-order valence-corrected chi connectivity index (χ4v) is 1.29. The largest absolute Gasteiger partial charge is 0.456 e. The van der Waals surface area contributed by atoms with Gasteiger partial charge in [0, 0.05) is 13.1 Å². The molecule has 0 saturated heterocycles. The molecule has 1 heterocycles. The van der Waals surface area contributed by atoms with Gasteiger partial charge >= 0.3 is 0 Å². The molecule has 0 N–H and O–H groups in total. The fraction of sp³-hybridized carbons (Fsp3) is 0.455. The van der Waals surface area contributed by atoms with Gasteiger partial charge in [-0.3, -0.25) is 4.79 Å². The van der Waals surface area contributed by atoms with E-state index in [1.807, 2.05) is 13.0 Å². The third-order valence-electron chi connectivity index (χ3n) is 2.11. The van der Waals surface area contributed by atoms with E-state index in [0.29, 0.717) is 25.3 Å². The molecule has 0 fully saturated rings. The first-order valence-electron chi connectivity index (χ1n) is 4.91. The van der Waals surface area contributed by atoms with Crippen LogP contribution in [0.2, 0.25) is 0 Å². The molecule has 0 aromatic carbocycles. The molecule has 1 aromatic heterocycles. The van der Waals surface area contributed by atoms with Gasteiger partial charge in [-0.1, -0.05) is 0 Å². The van der Waals surface area contributed by atoms with E-state index in [2.05, 4.69) is 0 Å². The highest BCUT2D eigenvalue weighted by Gasteiger charge is 2.16. The van der Waals surface area contributed by atoms with Crippen LogP contribution in [0.15, 0.2) is 16.5 Å². The molecule has 0 atom stereocenters. The smallest absolute Gasteiger partial charge is 0.289 e. The Morgan fingerprint density at radius 3 is 2.80 bits per heavy atom. The lowest BCUT2D eigenvalue weighted by atomic mass is 10.3. The van der Waals surface area contributed by atoms with Crippen molar-refractivity contribution in [1.82, 2.24) is 4.90 Å². The molecular formula is C11H14N2O2. The quantitative estimate of drug-likeness (QED) is 0.756. The summed E-state index contributed by atoms with van der Waals surface area (Å²) in [6.07, 6.45) is 0.346. The van der Waals surface area contributed by atoms with Gasteiger partial charge in [0.05, 0.1) is 12.5 Å². The Morgan fingerprint density at radius 1 is 1.60 bits per heavy atom. The lowest BCUT2D eigenvalue weighted by molar-refractivity contribution is 0.0734. The van der Waals surface area contributed by atoms with E-state index in [9.17, 15) is 4.79 Å². The molecule has 1 rings (SSSR count). The maximum absolute atomic E-state index is 11.8. The number of nitrogens with zero attached hydrogens (tertiary/aromatic N) is 2. The molecule has 1 amide bonds. The lowest BCUT2D eigenvalue weighted by Crippen LogP contribution is -2.31. The van der Waals surface area contributed by atoms with E-state index in [1.165, 1.54) is 0 Å². The molecule has 0 aliphatic heterocycles. The van der Waals surface area contributed by atoms with Crippen LogP contribution >= 0.6 is 0 Å². The van der Waals surface area contributed by atoms with Crippen LogP contribution in [0.1, 0.15) is 29.7 Å². The maximum atomic E-state index is 11.8. The zero-order valence-corrected chi connectivity index (χ0v) is 8.99. The van der Waals surface area contributed by atoms with Crippen LogP contribution in [0.5, 0.6) is 0 Å². The van der Waals surface area contributed by atoms with Crippen LogP contribution in [0, 0.1) is 18.3 Å². The van der Waals surface area contributed by atoms with Crippen molar-refractivity contribution in [2.75, 3.05) is 13.1 Å². The average molecular weight is 206 g/mol. The second-order valence-electron chi connectivity index (χ2n) is 3.20. The van der Waals surface area contributed by atoms with Crippen molar-refractivity contribution in [1.29, 1.82) is 5.26 Å². The summed E-state index contributed by atoms with van der Waals surface area (Å²) >= 11 is 0. The molecule has 0 bridgehead atoms. The van der Waals surface area contributed by atoms with Gasteiger partial charge < -0.3 is 9.32 Å². The Kier molecular flexibility index (Phi) is 3.92. The van der Waals surface area contributed by atoms with Gasteiger partial charge in [-0.05, 0) is 26.0 Å². The van der Waals surface area contributed by atoms with Crippen molar-refractivity contribution in [3.63, 3.8) is 0 Å². The zero-order valence-electron chi connectivity index (χ0n) is 8.99. The van der Waals surface area contributed by atoms with E-state index in [-0.39, 0.29) is 5.91 Å². The second-order valence-corrected chi connectivity index (χ2v) is 3.20. The van der Waals surface area contributed by atoms with Gasteiger partial charge in [-0.15, -0.1) is 0 Å². The first kappa shape index (κ1) is 11.3. The summed E-state index contributed by atoms with van der Waals surface area (Å²) < 4.78 is 5.23. The molecule has 0 aliphatic carbocycles. The van der Waals surface area contributed by atoms with E-state index in [0.717, 1.165) is 5.76 Å². The van der Waals surface area contributed by atoms with Crippen molar-refractivity contribution in [3.05, 3.63) is 23.7 Å². The van der Waals surface area contributed by atoms with E-state index in [4.69, 9.17) is 9.68 Å². The van der Waals surface area contributed by atoms with Crippen LogP contribution in [-0.2, 0) is 0 Å². The fourth-order valence-electron chi connectivity index (χ4n) is 1.29. The monoisotopic (exact) mass is 206 g/mol. The Labute approximate surface area is 89.1 Å². The lowest BCUT2D eigenvalue weighted by Gasteiger charge is -2.17. The Balaban J connectivity index is 2.69. The normalized spacial score (nSPS) is 9.67. The van der Waals surface area contributed by atoms with Crippen LogP contribution < -0.4 is 0 Å². The Morgan fingerprint density at radius 2 is 2.33 bits per heavy atom. The van der Waals surface area contributed by atoms with Crippen LogP contribution in [0.4, 0.5) is 0 Å². The van der Waals surface area contributed by atoms with Crippen LogP contribution in [0.3, 0.4) is 0 Å². The Hall–Kier alpha value is -1.76. The number of hydrogen-bond donors (Lipinski definition) is 0. The molecular weight excluding hydrogens is 192 g/mol. The second kappa shape index (κ2) is 5.20. The predicted octanol–water partition coefficient (Wildman–Crippen LogP) is 1.96. The standard InChI is InChI=1S/C11H14N2O2/c1-3-13(8-4-7-12)11(14)10-6-5-9(2)15-10/h5-6H,3-4,8H2,1-2H3. The van der Waals surface area contributed by atoms with Gasteiger partial charge in [0.2, 0.25) is 0 Å². The van der Waals surface area contributed by atoms with Crippen molar-refractivity contribution < 1.29 is 9.21 Å². The highest BCUT2D eigenvalue weighted by atomic mass is 16.3. The number of carbonyl (C=O) groups is 1. The Bertz CT molecular complexity index is 376. The molecule has 4 heteroatoms. The minimum Gasteiger partial charge on any atom is -0.456 e. The van der Waals surface area contributed by atoms with Gasteiger partial charge in [0.15, 0.2) is 5.76 Å². The van der Waals surface area contributed by atoms with Crippen molar-refractivity contribution in [3.8, 4) is 6.07 Å². The number of hydrogen-bond acceptors (Lipinski definition) is 3. The molecule has 0 spiro atoms.